The van der Waals surface area contributed by atoms with E-state index in [1.54, 1.807) is 47.4 Å². The molecule has 2 atom stereocenters. The summed E-state index contributed by atoms with van der Waals surface area (Å²) in [5.41, 5.74) is -0.426. The number of carbonyl (C=O) groups excluding carboxylic acids is 1. The third kappa shape index (κ3) is 3.19. The van der Waals surface area contributed by atoms with E-state index >= 15 is 0 Å². The van der Waals surface area contributed by atoms with Crippen molar-refractivity contribution in [3.63, 3.8) is 0 Å². The zero-order chi connectivity index (χ0) is 22.3. The van der Waals surface area contributed by atoms with Crippen LogP contribution in [0.1, 0.15) is 40.3 Å². The predicted molar refractivity (Wildman–Crippen MR) is 118 cm³/mol. The molecule has 8 nitrogen and oxygen atoms in total. The first-order valence-electron chi connectivity index (χ1n) is 10.4. The van der Waals surface area contributed by atoms with Crippen molar-refractivity contribution in [1.82, 2.24) is 14.2 Å². The molecule has 162 valence electrons. The summed E-state index contributed by atoms with van der Waals surface area (Å²) in [6.45, 7) is 7.75. The first-order valence-corrected chi connectivity index (χ1v) is 10.4. The van der Waals surface area contributed by atoms with Crippen LogP contribution < -0.4 is 16.3 Å². The Labute approximate surface area is 179 Å². The SMILES string of the molecule is CC[C@@H](C)N1C(=O)N(c2ccccc2)[C@H](n2oc(=O)n(-c3ccccc3)c2=O)C1(C)C. The number of benzene rings is 2. The second-order valence-corrected chi connectivity index (χ2v) is 8.28. The molecule has 8 heteroatoms. The summed E-state index contributed by atoms with van der Waals surface area (Å²) >= 11 is 0. The van der Waals surface area contributed by atoms with E-state index in [-0.39, 0.29) is 12.1 Å². The van der Waals surface area contributed by atoms with Gasteiger partial charge in [0.2, 0.25) is 0 Å². The van der Waals surface area contributed by atoms with Crippen LogP contribution in [0, 0.1) is 0 Å². The lowest BCUT2D eigenvalue weighted by Gasteiger charge is -2.37. The summed E-state index contributed by atoms with van der Waals surface area (Å²) in [7, 11) is 0. The highest BCUT2D eigenvalue weighted by Crippen LogP contribution is 2.43. The van der Waals surface area contributed by atoms with Crippen LogP contribution in [0.4, 0.5) is 10.5 Å². The van der Waals surface area contributed by atoms with Crippen LogP contribution in [0.25, 0.3) is 5.69 Å². The highest BCUT2D eigenvalue weighted by molar-refractivity contribution is 5.95. The lowest BCUT2D eigenvalue weighted by molar-refractivity contribution is 0.0756. The van der Waals surface area contributed by atoms with Gasteiger partial charge in [-0.2, -0.15) is 4.57 Å². The van der Waals surface area contributed by atoms with Crippen molar-refractivity contribution in [1.29, 1.82) is 0 Å². The lowest BCUT2D eigenvalue weighted by Crippen LogP contribution is -2.50. The minimum atomic E-state index is -0.846. The van der Waals surface area contributed by atoms with E-state index in [1.165, 1.54) is 4.90 Å². The maximum Gasteiger partial charge on any atom is 0.447 e. The molecule has 2 heterocycles. The minimum Gasteiger partial charge on any atom is -0.314 e. The number of urea groups is 1. The zero-order valence-corrected chi connectivity index (χ0v) is 18.1. The van der Waals surface area contributed by atoms with Crippen molar-refractivity contribution in [3.05, 3.63) is 81.7 Å². The molecule has 1 aromatic heterocycles. The molecular formula is C23H26N4O4. The number of carbonyl (C=O) groups is 1. The van der Waals surface area contributed by atoms with Crippen molar-refractivity contribution in [2.24, 2.45) is 0 Å². The molecule has 0 saturated carbocycles. The van der Waals surface area contributed by atoms with E-state index in [9.17, 15) is 14.4 Å². The fraction of sp³-hybridized carbons (Fsp3) is 0.348. The Morgan fingerprint density at radius 1 is 0.935 bits per heavy atom. The summed E-state index contributed by atoms with van der Waals surface area (Å²) in [6, 6.07) is 17.4. The molecule has 1 saturated heterocycles. The van der Waals surface area contributed by atoms with Gasteiger partial charge >= 0.3 is 17.5 Å². The molecule has 1 fully saturated rings. The van der Waals surface area contributed by atoms with Crippen molar-refractivity contribution in [2.45, 2.75) is 51.9 Å². The van der Waals surface area contributed by atoms with Crippen LogP contribution in [0.15, 0.2) is 74.8 Å². The molecule has 2 aromatic carbocycles. The molecule has 1 aliphatic rings. The van der Waals surface area contributed by atoms with Gasteiger partial charge in [0.25, 0.3) is 0 Å². The number of nitrogens with zero attached hydrogens (tertiary/aromatic N) is 4. The molecule has 1 aliphatic heterocycles. The maximum absolute atomic E-state index is 13.6. The highest BCUT2D eigenvalue weighted by Gasteiger charge is 2.56. The standard InChI is InChI=1S/C23H26N4O4/c1-5-16(2)26-20(28)24(17-12-8-6-9-13-17)19(23(26,3)4)27-21(29)25(22(30)31-27)18-14-10-7-11-15-18/h6-16,19H,5H2,1-4H3/t16-,19-/m1/s1. The molecule has 0 bridgehead atoms. The third-order valence-electron chi connectivity index (χ3n) is 5.95. The van der Waals surface area contributed by atoms with Gasteiger partial charge in [-0.3, -0.25) is 4.90 Å². The highest BCUT2D eigenvalue weighted by atomic mass is 16.5. The van der Waals surface area contributed by atoms with Gasteiger partial charge in [0, 0.05) is 11.7 Å². The second kappa shape index (κ2) is 7.61. The predicted octanol–water partition coefficient (Wildman–Crippen LogP) is 3.61. The van der Waals surface area contributed by atoms with Crippen molar-refractivity contribution >= 4 is 11.7 Å². The first-order chi connectivity index (χ1) is 14.8. The Balaban J connectivity index is 1.94. The van der Waals surface area contributed by atoms with Gasteiger partial charge in [0.05, 0.1) is 11.2 Å². The van der Waals surface area contributed by atoms with Crippen molar-refractivity contribution in [2.75, 3.05) is 4.90 Å². The molecular weight excluding hydrogens is 396 g/mol. The lowest BCUT2D eigenvalue weighted by atomic mass is 9.98. The summed E-state index contributed by atoms with van der Waals surface area (Å²) in [5, 5.41) is 0. The number of aromatic nitrogens is 2. The van der Waals surface area contributed by atoms with E-state index in [2.05, 4.69) is 0 Å². The van der Waals surface area contributed by atoms with E-state index in [4.69, 9.17) is 4.52 Å². The molecule has 0 spiro atoms. The van der Waals surface area contributed by atoms with Crippen LogP contribution >= 0.6 is 0 Å². The van der Waals surface area contributed by atoms with E-state index in [0.717, 1.165) is 15.7 Å². The fourth-order valence-corrected chi connectivity index (χ4v) is 4.37. The Bertz CT molecular complexity index is 1190. The third-order valence-corrected chi connectivity index (χ3v) is 5.95. The Morgan fingerprint density at radius 3 is 2.03 bits per heavy atom. The second-order valence-electron chi connectivity index (χ2n) is 8.28. The summed E-state index contributed by atoms with van der Waals surface area (Å²) < 4.78 is 7.48. The Kier molecular flexibility index (Phi) is 5.08. The average molecular weight is 422 g/mol. The van der Waals surface area contributed by atoms with Gasteiger partial charge in [0.1, 0.15) is 0 Å². The van der Waals surface area contributed by atoms with E-state index < -0.39 is 23.2 Å². The molecule has 0 aliphatic carbocycles. The van der Waals surface area contributed by atoms with Crippen LogP contribution in [0.2, 0.25) is 0 Å². The number of rotatable bonds is 5. The number of anilines is 1. The Morgan fingerprint density at radius 2 is 1.48 bits per heavy atom. The first kappa shape index (κ1) is 20.7. The number of hydrogen-bond donors (Lipinski definition) is 0. The monoisotopic (exact) mass is 422 g/mol. The quantitative estimate of drug-likeness (QED) is 0.629. The Hall–Kier alpha value is -3.55. The maximum atomic E-state index is 13.6. The van der Waals surface area contributed by atoms with Crippen molar-refractivity contribution < 1.29 is 9.32 Å². The zero-order valence-electron chi connectivity index (χ0n) is 18.1. The topological polar surface area (TPSA) is 80.7 Å². The summed E-state index contributed by atoms with van der Waals surface area (Å²) in [6.07, 6.45) is -0.101. The normalized spacial score (nSPS) is 19.1. The molecule has 0 unspecified atom stereocenters. The smallest absolute Gasteiger partial charge is 0.314 e. The fourth-order valence-electron chi connectivity index (χ4n) is 4.37. The van der Waals surface area contributed by atoms with Crippen molar-refractivity contribution in [3.8, 4) is 5.69 Å². The molecule has 0 radical (unpaired) electrons. The van der Waals surface area contributed by atoms with Crippen LogP contribution in [0.5, 0.6) is 0 Å². The van der Waals surface area contributed by atoms with Crippen LogP contribution in [0.3, 0.4) is 0 Å². The van der Waals surface area contributed by atoms with E-state index in [1.807, 2.05) is 45.9 Å². The molecule has 31 heavy (non-hydrogen) atoms. The minimum absolute atomic E-state index is 0.0719. The van der Waals surface area contributed by atoms with Gasteiger partial charge in [0.15, 0.2) is 6.17 Å². The number of hydrogen-bond acceptors (Lipinski definition) is 4. The molecule has 4 rings (SSSR count). The average Bonchev–Trinajstić information content (AvgIpc) is 3.16. The van der Waals surface area contributed by atoms with Gasteiger partial charge in [-0.1, -0.05) is 43.3 Å². The molecule has 3 aromatic rings. The molecule has 2 amide bonds. The van der Waals surface area contributed by atoms with Gasteiger partial charge in [-0.15, -0.1) is 4.74 Å². The van der Waals surface area contributed by atoms with Crippen LogP contribution in [-0.2, 0) is 0 Å². The van der Waals surface area contributed by atoms with Gasteiger partial charge in [-0.05, 0) is 51.5 Å². The largest absolute Gasteiger partial charge is 0.447 e. The summed E-state index contributed by atoms with van der Waals surface area (Å²) in [5.74, 6) is -0.797. The number of para-hydroxylation sites is 2. The molecule has 0 N–H and O–H groups in total. The van der Waals surface area contributed by atoms with Gasteiger partial charge in [-0.25, -0.2) is 14.4 Å². The number of amides is 2. The summed E-state index contributed by atoms with van der Waals surface area (Å²) in [4.78, 5) is 42.9. The van der Waals surface area contributed by atoms with E-state index in [0.29, 0.717) is 11.4 Å². The van der Waals surface area contributed by atoms with Crippen LogP contribution in [-0.4, -0.2) is 31.8 Å². The van der Waals surface area contributed by atoms with Gasteiger partial charge < -0.3 is 9.42 Å².